The van der Waals surface area contributed by atoms with Crippen LogP contribution in [0.5, 0.6) is 0 Å². The van der Waals surface area contributed by atoms with Crippen molar-refractivity contribution in [2.45, 2.75) is 12.7 Å². The van der Waals surface area contributed by atoms with Crippen LogP contribution in [0.3, 0.4) is 0 Å². The van der Waals surface area contributed by atoms with Gasteiger partial charge in [-0.3, -0.25) is 9.69 Å². The van der Waals surface area contributed by atoms with Gasteiger partial charge in [0.1, 0.15) is 0 Å². The third-order valence-corrected chi connectivity index (χ3v) is 3.57. The maximum Gasteiger partial charge on any atom is 0.393 e. The molecule has 6 heteroatoms. The number of halogens is 3. The first-order valence-electron chi connectivity index (χ1n) is 6.32. The van der Waals surface area contributed by atoms with Crippen LogP contribution in [0.15, 0.2) is 30.3 Å². The number of carbonyl (C=O) groups is 1. The molecule has 110 valence electrons. The fraction of sp³-hybridized carbons (Fsp3) is 0.500. The highest BCUT2D eigenvalue weighted by Gasteiger charge is 2.52. The predicted molar refractivity (Wildman–Crippen MR) is 66.8 cm³/mol. The second-order valence-corrected chi connectivity index (χ2v) is 4.96. The fourth-order valence-corrected chi connectivity index (χ4v) is 2.58. The van der Waals surface area contributed by atoms with Gasteiger partial charge in [0.25, 0.3) is 0 Å². The quantitative estimate of drug-likeness (QED) is 0.800. The van der Waals surface area contributed by atoms with Crippen LogP contribution in [0, 0.1) is 11.8 Å². The second kappa shape index (κ2) is 5.83. The molecule has 1 saturated heterocycles. The highest BCUT2D eigenvalue weighted by atomic mass is 19.4. The van der Waals surface area contributed by atoms with Crippen molar-refractivity contribution in [3.8, 4) is 0 Å². The topological polar surface area (TPSA) is 29.5 Å². The Morgan fingerprint density at radius 1 is 1.30 bits per heavy atom. The number of nitrogens with zero attached hydrogens (tertiary/aromatic N) is 1. The average molecular weight is 287 g/mol. The summed E-state index contributed by atoms with van der Waals surface area (Å²) in [4.78, 5) is 13.2. The van der Waals surface area contributed by atoms with Gasteiger partial charge in [0.15, 0.2) is 0 Å². The van der Waals surface area contributed by atoms with Crippen LogP contribution in [0.2, 0.25) is 0 Å². The first-order chi connectivity index (χ1) is 9.41. The largest absolute Gasteiger partial charge is 0.469 e. The third kappa shape index (κ3) is 3.30. The van der Waals surface area contributed by atoms with Crippen LogP contribution in [0.25, 0.3) is 0 Å². The molecule has 0 N–H and O–H groups in total. The lowest BCUT2D eigenvalue weighted by atomic mass is 9.96. The van der Waals surface area contributed by atoms with Crippen molar-refractivity contribution in [3.05, 3.63) is 35.9 Å². The number of rotatable bonds is 3. The monoisotopic (exact) mass is 287 g/mol. The normalized spacial score (nSPS) is 23.8. The maximum atomic E-state index is 13.0. The molecule has 20 heavy (non-hydrogen) atoms. The molecule has 1 aromatic carbocycles. The number of benzene rings is 1. The highest BCUT2D eigenvalue weighted by Crippen LogP contribution is 2.38. The maximum absolute atomic E-state index is 13.0. The number of alkyl halides is 3. The summed E-state index contributed by atoms with van der Waals surface area (Å²) >= 11 is 0. The van der Waals surface area contributed by atoms with E-state index in [2.05, 4.69) is 4.74 Å². The number of hydrogen-bond donors (Lipinski definition) is 0. The van der Waals surface area contributed by atoms with Crippen molar-refractivity contribution in [2.24, 2.45) is 11.8 Å². The van der Waals surface area contributed by atoms with Crippen molar-refractivity contribution < 1.29 is 22.7 Å². The molecule has 2 rings (SSSR count). The molecule has 0 aromatic heterocycles. The molecule has 1 heterocycles. The van der Waals surface area contributed by atoms with E-state index in [1.807, 2.05) is 30.3 Å². The van der Waals surface area contributed by atoms with Crippen LogP contribution >= 0.6 is 0 Å². The Morgan fingerprint density at radius 2 is 1.95 bits per heavy atom. The zero-order valence-corrected chi connectivity index (χ0v) is 11.1. The zero-order chi connectivity index (χ0) is 14.8. The van der Waals surface area contributed by atoms with Gasteiger partial charge in [-0.1, -0.05) is 30.3 Å². The van der Waals surface area contributed by atoms with Crippen molar-refractivity contribution in [3.63, 3.8) is 0 Å². The number of esters is 1. The number of ether oxygens (including phenoxy) is 1. The van der Waals surface area contributed by atoms with Gasteiger partial charge in [0, 0.05) is 19.6 Å². The van der Waals surface area contributed by atoms with Crippen molar-refractivity contribution in [1.82, 2.24) is 4.90 Å². The lowest BCUT2D eigenvalue weighted by Gasteiger charge is -2.19. The molecule has 2 atom stereocenters. The SMILES string of the molecule is COC(=O)[C@@H]1CN(Cc2ccccc2)C[C@@H]1C(F)(F)F. The molecule has 1 fully saturated rings. The minimum Gasteiger partial charge on any atom is -0.469 e. The molecule has 0 amide bonds. The van der Waals surface area contributed by atoms with Crippen molar-refractivity contribution in [2.75, 3.05) is 20.2 Å². The second-order valence-electron chi connectivity index (χ2n) is 4.96. The van der Waals surface area contributed by atoms with Gasteiger partial charge in [-0.15, -0.1) is 0 Å². The van der Waals surface area contributed by atoms with Gasteiger partial charge >= 0.3 is 12.1 Å². The van der Waals surface area contributed by atoms with Gasteiger partial charge in [0.05, 0.1) is 18.9 Å². The van der Waals surface area contributed by atoms with Crippen LogP contribution < -0.4 is 0 Å². The van der Waals surface area contributed by atoms with E-state index >= 15 is 0 Å². The smallest absolute Gasteiger partial charge is 0.393 e. The van der Waals surface area contributed by atoms with Gasteiger partial charge in [-0.25, -0.2) is 0 Å². The van der Waals surface area contributed by atoms with E-state index in [1.165, 1.54) is 0 Å². The summed E-state index contributed by atoms with van der Waals surface area (Å²) in [5.41, 5.74) is 0.930. The van der Waals surface area contributed by atoms with Crippen LogP contribution in [0.4, 0.5) is 13.2 Å². The molecule has 0 radical (unpaired) electrons. The van der Waals surface area contributed by atoms with E-state index in [0.717, 1.165) is 12.7 Å². The molecule has 0 spiro atoms. The molecule has 1 aliphatic rings. The van der Waals surface area contributed by atoms with E-state index in [0.29, 0.717) is 6.54 Å². The Bertz CT molecular complexity index is 461. The Morgan fingerprint density at radius 3 is 2.50 bits per heavy atom. The van der Waals surface area contributed by atoms with E-state index < -0.39 is 24.0 Å². The minimum atomic E-state index is -4.38. The summed E-state index contributed by atoms with van der Waals surface area (Å²) in [6.07, 6.45) is -4.38. The Hall–Kier alpha value is -1.56. The van der Waals surface area contributed by atoms with E-state index in [4.69, 9.17) is 0 Å². The van der Waals surface area contributed by atoms with Crippen LogP contribution in [-0.4, -0.2) is 37.2 Å². The Labute approximate surface area is 115 Å². The van der Waals surface area contributed by atoms with Gasteiger partial charge in [-0.2, -0.15) is 13.2 Å². The third-order valence-electron chi connectivity index (χ3n) is 3.57. The number of hydrogen-bond acceptors (Lipinski definition) is 3. The first-order valence-corrected chi connectivity index (χ1v) is 6.32. The first kappa shape index (κ1) is 14.8. The summed E-state index contributed by atoms with van der Waals surface area (Å²) in [6, 6.07) is 9.24. The standard InChI is InChI=1S/C14H16F3NO2/c1-20-13(19)11-8-18(9-12(11)14(15,16)17)7-10-5-3-2-4-6-10/h2-6,11-12H,7-9H2,1H3/t11-,12+/m1/s1. The molecule has 1 aliphatic heterocycles. The van der Waals surface area contributed by atoms with E-state index in [9.17, 15) is 18.0 Å². The lowest BCUT2D eigenvalue weighted by molar-refractivity contribution is -0.189. The average Bonchev–Trinajstić information content (AvgIpc) is 2.83. The fourth-order valence-electron chi connectivity index (χ4n) is 2.58. The summed E-state index contributed by atoms with van der Waals surface area (Å²) in [5.74, 6) is -3.58. The van der Waals surface area contributed by atoms with Gasteiger partial charge in [0.2, 0.25) is 0 Å². The molecule has 1 aromatic rings. The van der Waals surface area contributed by atoms with E-state index in [1.54, 1.807) is 4.90 Å². The molecule has 0 unspecified atom stereocenters. The number of methoxy groups -OCH3 is 1. The Balaban J connectivity index is 2.09. The molecule has 3 nitrogen and oxygen atoms in total. The Kier molecular flexibility index (Phi) is 4.32. The summed E-state index contributed by atoms with van der Waals surface area (Å²) in [5, 5.41) is 0. The van der Waals surface area contributed by atoms with Crippen molar-refractivity contribution in [1.29, 1.82) is 0 Å². The number of likely N-dealkylation sites (tertiary alicyclic amines) is 1. The van der Waals surface area contributed by atoms with E-state index in [-0.39, 0.29) is 13.1 Å². The van der Waals surface area contributed by atoms with Crippen molar-refractivity contribution >= 4 is 5.97 Å². The van der Waals surface area contributed by atoms with Crippen LogP contribution in [-0.2, 0) is 16.1 Å². The van der Waals surface area contributed by atoms with Gasteiger partial charge < -0.3 is 4.74 Å². The number of carbonyl (C=O) groups excluding carboxylic acids is 1. The van der Waals surface area contributed by atoms with Gasteiger partial charge in [-0.05, 0) is 5.56 Å². The zero-order valence-electron chi connectivity index (χ0n) is 11.1. The molecular weight excluding hydrogens is 271 g/mol. The molecule has 0 bridgehead atoms. The molecule has 0 saturated carbocycles. The summed E-state index contributed by atoms with van der Waals surface area (Å²) in [6.45, 7) is 0.310. The summed E-state index contributed by atoms with van der Waals surface area (Å²) in [7, 11) is 1.12. The highest BCUT2D eigenvalue weighted by molar-refractivity contribution is 5.73. The predicted octanol–water partition coefficient (Wildman–Crippen LogP) is 2.47. The summed E-state index contributed by atoms with van der Waals surface area (Å²) < 4.78 is 43.4. The molecule has 0 aliphatic carbocycles. The lowest BCUT2D eigenvalue weighted by Crippen LogP contribution is -2.34. The molecular formula is C14H16F3NO2. The van der Waals surface area contributed by atoms with Crippen LogP contribution in [0.1, 0.15) is 5.56 Å². The minimum absolute atomic E-state index is 0.0751.